The smallest absolute Gasteiger partial charge is 0.139 e. The predicted molar refractivity (Wildman–Crippen MR) is 269 cm³/mol. The highest BCUT2D eigenvalue weighted by Crippen LogP contribution is 2.51. The molecule has 2 aliphatic carbocycles. The molecule has 5 heteroatoms. The van der Waals surface area contributed by atoms with Crippen LogP contribution in [0.2, 0.25) is 0 Å². The van der Waals surface area contributed by atoms with E-state index in [1.54, 1.807) is 0 Å². The zero-order valence-corrected chi connectivity index (χ0v) is 36.1. The Morgan fingerprint density at radius 1 is 0.619 bits per heavy atom. The Balaban J connectivity index is 1.10. The second-order valence-corrected chi connectivity index (χ2v) is 18.5. The van der Waals surface area contributed by atoms with Crippen LogP contribution in [0, 0.1) is 0 Å². The van der Waals surface area contributed by atoms with Gasteiger partial charge in [0, 0.05) is 67.3 Å². The minimum Gasteiger partial charge on any atom is -0.334 e. The molecule has 0 bridgehead atoms. The first-order valence-electron chi connectivity index (χ1n) is 22.3. The maximum absolute atomic E-state index is 5.71. The number of thiophene rings is 1. The largest absolute Gasteiger partial charge is 0.334 e. The number of benzene rings is 7. The average Bonchev–Trinajstić information content (AvgIpc) is 3.95. The number of rotatable bonds is 4. The summed E-state index contributed by atoms with van der Waals surface area (Å²) in [5, 5.41) is 11.2. The zero-order chi connectivity index (χ0) is 41.8. The number of fused-ring (bicyclic) bond motifs is 12. The van der Waals surface area contributed by atoms with Gasteiger partial charge in [0.05, 0.1) is 16.6 Å². The van der Waals surface area contributed by atoms with Crippen LogP contribution in [0.5, 0.6) is 0 Å². The molecule has 10 aromatic rings. The van der Waals surface area contributed by atoms with E-state index >= 15 is 0 Å². The molecule has 0 saturated heterocycles. The molecule has 2 unspecified atom stereocenters. The van der Waals surface area contributed by atoms with Crippen LogP contribution in [0.4, 0.5) is 5.00 Å². The summed E-state index contributed by atoms with van der Waals surface area (Å²) in [4.78, 5) is 8.17. The fourth-order valence-corrected chi connectivity index (χ4v) is 12.0. The van der Waals surface area contributed by atoms with Crippen molar-refractivity contribution in [3.8, 4) is 5.69 Å². The lowest BCUT2D eigenvalue weighted by molar-refractivity contribution is 0.340. The maximum Gasteiger partial charge on any atom is 0.139 e. The van der Waals surface area contributed by atoms with E-state index in [0.717, 1.165) is 35.7 Å². The van der Waals surface area contributed by atoms with Crippen LogP contribution < -0.4 is 0 Å². The highest BCUT2D eigenvalue weighted by Gasteiger charge is 2.36. The molecule has 4 heterocycles. The van der Waals surface area contributed by atoms with Gasteiger partial charge < -0.3 is 14.0 Å². The third-order valence-corrected chi connectivity index (χ3v) is 14.8. The first-order valence-corrected chi connectivity index (χ1v) is 23.1. The van der Waals surface area contributed by atoms with Crippen molar-refractivity contribution in [2.45, 2.75) is 38.3 Å². The maximum atomic E-state index is 5.71. The standard InChI is InChI=1S/C58H44N4S/c1-36-16-15-25-46-45-29-27-42(34-50(45)61(55(36)46)43-22-9-6-10-23-43)56-59-57-54(47-30-26-41(35-52(47)63-57)37-17-7-4-3-5-8-18-37)58(60(56)2)62-49-31-28-38-19-13-14-24-44(38)53(49)48-32-39-20-11-12-21-40(39)33-51(48)62/h4,6-15,17-36,58H,3,5,16H2,1-2H3/b7-4-,18-8-,37-17+. The first kappa shape index (κ1) is 36.4. The second kappa shape index (κ2) is 14.2. The molecule has 13 rings (SSSR count). The molecule has 4 nitrogen and oxygen atoms in total. The van der Waals surface area contributed by atoms with Gasteiger partial charge in [-0.3, -0.25) is 0 Å². The van der Waals surface area contributed by atoms with Crippen LogP contribution in [-0.4, -0.2) is 26.9 Å². The molecule has 0 amide bonds. The Labute approximate surface area is 370 Å². The van der Waals surface area contributed by atoms with E-state index < -0.39 is 0 Å². The Bertz CT molecular complexity index is 3700. The molecule has 302 valence electrons. The van der Waals surface area contributed by atoms with Crippen molar-refractivity contribution >= 4 is 98.2 Å². The monoisotopic (exact) mass is 828 g/mol. The molecule has 3 aromatic heterocycles. The van der Waals surface area contributed by atoms with E-state index in [4.69, 9.17) is 4.99 Å². The van der Waals surface area contributed by atoms with Gasteiger partial charge in [-0.1, -0.05) is 147 Å². The third-order valence-electron chi connectivity index (χ3n) is 13.8. The third kappa shape index (κ3) is 5.56. The summed E-state index contributed by atoms with van der Waals surface area (Å²) in [6.07, 6.45) is 19.0. The van der Waals surface area contributed by atoms with Crippen molar-refractivity contribution in [3.63, 3.8) is 0 Å². The van der Waals surface area contributed by atoms with Gasteiger partial charge in [-0.15, -0.1) is 11.3 Å². The Kier molecular flexibility index (Phi) is 8.19. The molecule has 0 N–H and O–H groups in total. The normalized spacial score (nSPS) is 19.3. The van der Waals surface area contributed by atoms with Crippen molar-refractivity contribution in [1.29, 1.82) is 0 Å². The van der Waals surface area contributed by atoms with Crippen molar-refractivity contribution < 1.29 is 0 Å². The molecule has 0 spiro atoms. The van der Waals surface area contributed by atoms with Gasteiger partial charge in [0.25, 0.3) is 0 Å². The van der Waals surface area contributed by atoms with Crippen LogP contribution in [0.1, 0.15) is 66.2 Å². The summed E-state index contributed by atoms with van der Waals surface area (Å²) in [5.41, 5.74) is 12.4. The Morgan fingerprint density at radius 3 is 2.29 bits per heavy atom. The van der Waals surface area contributed by atoms with Crippen LogP contribution in [-0.2, 0) is 0 Å². The summed E-state index contributed by atoms with van der Waals surface area (Å²) >= 11 is 1.82. The number of para-hydroxylation sites is 1. The van der Waals surface area contributed by atoms with Crippen LogP contribution in [0.15, 0.2) is 181 Å². The lowest BCUT2D eigenvalue weighted by atomic mass is 9.93. The molecule has 3 aliphatic rings. The highest BCUT2D eigenvalue weighted by molar-refractivity contribution is 7.23. The van der Waals surface area contributed by atoms with Crippen LogP contribution in [0.25, 0.3) is 81.7 Å². The minimum atomic E-state index is -0.189. The summed E-state index contributed by atoms with van der Waals surface area (Å²) in [5.74, 6) is 1.37. The predicted octanol–water partition coefficient (Wildman–Crippen LogP) is 15.6. The molecule has 1 aliphatic heterocycles. The topological polar surface area (TPSA) is 25.5 Å². The quantitative estimate of drug-likeness (QED) is 0.173. The first-order chi connectivity index (χ1) is 31.1. The Morgan fingerprint density at radius 2 is 1.40 bits per heavy atom. The fourth-order valence-electron chi connectivity index (χ4n) is 10.8. The number of hydrogen-bond acceptors (Lipinski definition) is 3. The van der Waals surface area contributed by atoms with Crippen molar-refractivity contribution in [2.24, 2.45) is 4.99 Å². The molecule has 0 saturated carbocycles. The number of amidine groups is 1. The van der Waals surface area contributed by atoms with Gasteiger partial charge in [0.2, 0.25) is 0 Å². The van der Waals surface area contributed by atoms with Gasteiger partial charge in [-0.25, -0.2) is 4.99 Å². The van der Waals surface area contributed by atoms with Crippen LogP contribution in [0.3, 0.4) is 0 Å². The second-order valence-electron chi connectivity index (χ2n) is 17.5. The SMILES string of the molecule is CC1CC=Cc2c1n(-c1ccccc1)c1cc(C3=Nc4sc5cc(C6=C/C=C\CC/C=C\6)ccc5c4C(n4c5cc6ccccc6cc5c5c6ccccc6ccc54)N3C)ccc21. The number of aliphatic imine (C=N–C) groups is 1. The van der Waals surface area contributed by atoms with Gasteiger partial charge in [-0.2, -0.15) is 0 Å². The molecule has 2 atom stereocenters. The van der Waals surface area contributed by atoms with Crippen molar-refractivity contribution in [1.82, 2.24) is 14.0 Å². The van der Waals surface area contributed by atoms with Gasteiger partial charge in [-0.05, 0) is 94.4 Å². The van der Waals surface area contributed by atoms with Crippen molar-refractivity contribution in [2.75, 3.05) is 7.05 Å². The fraction of sp³-hybridized carbons (Fsp3) is 0.121. The average molecular weight is 829 g/mol. The summed E-state index contributed by atoms with van der Waals surface area (Å²) < 4.78 is 6.38. The molecule has 0 radical (unpaired) electrons. The minimum absolute atomic E-state index is 0.189. The van der Waals surface area contributed by atoms with Gasteiger partial charge in [0.1, 0.15) is 17.0 Å². The van der Waals surface area contributed by atoms with E-state index in [1.165, 1.54) is 98.0 Å². The van der Waals surface area contributed by atoms with E-state index in [1.807, 2.05) is 11.3 Å². The highest BCUT2D eigenvalue weighted by atomic mass is 32.1. The summed E-state index contributed by atoms with van der Waals surface area (Å²) in [7, 11) is 2.26. The zero-order valence-electron chi connectivity index (χ0n) is 35.3. The number of allylic oxidation sites excluding steroid dienone is 7. The number of nitrogens with zero attached hydrogens (tertiary/aromatic N) is 4. The Hall–Kier alpha value is -7.21. The van der Waals surface area contributed by atoms with Gasteiger partial charge in [0.15, 0.2) is 0 Å². The van der Waals surface area contributed by atoms with E-state index in [2.05, 4.69) is 210 Å². The number of aromatic nitrogens is 2. The van der Waals surface area contributed by atoms with E-state index in [0.29, 0.717) is 5.92 Å². The van der Waals surface area contributed by atoms with E-state index in [-0.39, 0.29) is 6.17 Å². The lowest BCUT2D eigenvalue weighted by Crippen LogP contribution is -2.37. The molecular formula is C58H44N4S. The summed E-state index contributed by atoms with van der Waals surface area (Å²) in [6, 6.07) is 52.2. The van der Waals surface area contributed by atoms with E-state index in [9.17, 15) is 0 Å². The molecule has 63 heavy (non-hydrogen) atoms. The molecule has 7 aromatic carbocycles. The van der Waals surface area contributed by atoms with Crippen molar-refractivity contribution in [3.05, 3.63) is 204 Å². The lowest BCUT2D eigenvalue weighted by Gasteiger charge is -2.36. The molecular weight excluding hydrogens is 785 g/mol. The van der Waals surface area contributed by atoms with Gasteiger partial charge >= 0.3 is 0 Å². The molecule has 0 fully saturated rings. The number of hydrogen-bond donors (Lipinski definition) is 0. The van der Waals surface area contributed by atoms with Crippen LogP contribution >= 0.6 is 11.3 Å². The summed E-state index contributed by atoms with van der Waals surface area (Å²) in [6.45, 7) is 2.36.